The van der Waals surface area contributed by atoms with E-state index in [-0.39, 0.29) is 6.10 Å². The highest BCUT2D eigenvalue weighted by molar-refractivity contribution is 6.34. The van der Waals surface area contributed by atoms with Gasteiger partial charge in [-0.3, -0.25) is 9.59 Å². The molecule has 0 saturated carbocycles. The maximum Gasteiger partial charge on any atom is 0.309 e. The predicted octanol–water partition coefficient (Wildman–Crippen LogP) is -0.597. The van der Waals surface area contributed by atoms with Gasteiger partial charge in [-0.25, -0.2) is 0 Å². The Labute approximate surface area is 77.6 Å². The van der Waals surface area contributed by atoms with Crippen molar-refractivity contribution in [2.75, 3.05) is 13.2 Å². The highest BCUT2D eigenvalue weighted by atomic mass is 16.5. The van der Waals surface area contributed by atoms with Gasteiger partial charge in [-0.2, -0.15) is 0 Å². The molecule has 0 atom stereocenters. The summed E-state index contributed by atoms with van der Waals surface area (Å²) in [6.07, 6.45) is 0.865. The van der Waals surface area contributed by atoms with Crippen molar-refractivity contribution < 1.29 is 14.3 Å². The number of hydrogen-bond acceptors (Lipinski definition) is 3. The zero-order valence-electron chi connectivity index (χ0n) is 8.00. The van der Waals surface area contributed by atoms with Gasteiger partial charge in [0.25, 0.3) is 0 Å². The molecule has 0 bridgehead atoms. The van der Waals surface area contributed by atoms with E-state index in [2.05, 4.69) is 5.32 Å². The Bertz CT molecular complexity index is 180. The Morgan fingerprint density at radius 2 is 2.08 bits per heavy atom. The van der Waals surface area contributed by atoms with E-state index in [0.717, 1.165) is 0 Å². The van der Waals surface area contributed by atoms with Gasteiger partial charge in [0.1, 0.15) is 0 Å². The molecule has 0 aliphatic heterocycles. The molecule has 0 aromatic rings. The molecule has 0 spiro atoms. The lowest BCUT2D eigenvalue weighted by molar-refractivity contribution is -0.137. The monoisotopic (exact) mass is 188 g/mol. The zero-order chi connectivity index (χ0) is 10.3. The minimum absolute atomic E-state index is 0.187. The summed E-state index contributed by atoms with van der Waals surface area (Å²) in [4.78, 5) is 20.9. The van der Waals surface area contributed by atoms with Gasteiger partial charge < -0.3 is 15.8 Å². The highest BCUT2D eigenvalue weighted by Crippen LogP contribution is 1.88. The second-order valence-corrected chi connectivity index (χ2v) is 2.89. The molecule has 0 aliphatic carbocycles. The van der Waals surface area contributed by atoms with Crippen LogP contribution in [0, 0.1) is 0 Å². The van der Waals surface area contributed by atoms with Gasteiger partial charge in [-0.1, -0.05) is 0 Å². The quantitative estimate of drug-likeness (QED) is 0.446. The molecule has 0 unspecified atom stereocenters. The molecule has 0 rings (SSSR count). The second-order valence-electron chi connectivity index (χ2n) is 2.89. The molecule has 76 valence electrons. The molecule has 0 aromatic heterocycles. The maximum atomic E-state index is 10.6. The van der Waals surface area contributed by atoms with Crippen molar-refractivity contribution in [1.29, 1.82) is 0 Å². The van der Waals surface area contributed by atoms with Crippen molar-refractivity contribution in [1.82, 2.24) is 5.32 Å². The van der Waals surface area contributed by atoms with Gasteiger partial charge in [0.05, 0.1) is 6.10 Å². The summed E-state index contributed by atoms with van der Waals surface area (Å²) in [6, 6.07) is 0. The lowest BCUT2D eigenvalue weighted by Crippen LogP contribution is -2.36. The molecule has 5 nitrogen and oxygen atoms in total. The smallest absolute Gasteiger partial charge is 0.309 e. The van der Waals surface area contributed by atoms with E-state index in [1.54, 1.807) is 0 Å². The first kappa shape index (κ1) is 11.9. The Kier molecular flexibility index (Phi) is 5.88. The summed E-state index contributed by atoms with van der Waals surface area (Å²) in [5, 5.41) is 2.36. The summed E-state index contributed by atoms with van der Waals surface area (Å²) in [5.41, 5.74) is 4.72. The first-order valence-corrected chi connectivity index (χ1v) is 4.23. The molecule has 3 N–H and O–H groups in total. The molecule has 0 heterocycles. The number of carbonyl (C=O) groups is 2. The highest BCUT2D eigenvalue weighted by Gasteiger charge is 2.05. The first-order valence-electron chi connectivity index (χ1n) is 4.23. The number of amides is 2. The fraction of sp³-hybridized carbons (Fsp3) is 0.750. The topological polar surface area (TPSA) is 81.4 Å². The number of ether oxygens (including phenoxy) is 1. The van der Waals surface area contributed by atoms with E-state index in [4.69, 9.17) is 10.5 Å². The number of nitrogens with two attached hydrogens (primary N) is 1. The third kappa shape index (κ3) is 7.27. The van der Waals surface area contributed by atoms with Gasteiger partial charge in [0.15, 0.2) is 0 Å². The van der Waals surface area contributed by atoms with E-state index >= 15 is 0 Å². The lowest BCUT2D eigenvalue weighted by atomic mass is 10.4. The minimum Gasteiger partial charge on any atom is -0.379 e. The lowest BCUT2D eigenvalue weighted by Gasteiger charge is -2.06. The number of nitrogens with one attached hydrogen (secondary N) is 1. The molecule has 0 fully saturated rings. The van der Waals surface area contributed by atoms with E-state index in [1.165, 1.54) is 0 Å². The summed E-state index contributed by atoms with van der Waals surface area (Å²) in [7, 11) is 0. The third-order valence-electron chi connectivity index (χ3n) is 1.28. The molecule has 0 aliphatic rings. The Hall–Kier alpha value is -1.10. The van der Waals surface area contributed by atoms with Crippen LogP contribution in [-0.4, -0.2) is 31.1 Å². The SMILES string of the molecule is CC(C)OCCCNC(=O)C(N)=O. The van der Waals surface area contributed by atoms with Gasteiger partial charge in [0.2, 0.25) is 0 Å². The number of primary amides is 1. The van der Waals surface area contributed by atoms with Gasteiger partial charge in [-0.05, 0) is 20.3 Å². The van der Waals surface area contributed by atoms with Crippen LogP contribution in [0.4, 0.5) is 0 Å². The van der Waals surface area contributed by atoms with Crippen LogP contribution in [0.15, 0.2) is 0 Å². The summed E-state index contributed by atoms with van der Waals surface area (Å²) >= 11 is 0. The van der Waals surface area contributed by atoms with E-state index in [1.807, 2.05) is 13.8 Å². The van der Waals surface area contributed by atoms with Crippen LogP contribution in [0.25, 0.3) is 0 Å². The Morgan fingerprint density at radius 3 is 2.54 bits per heavy atom. The van der Waals surface area contributed by atoms with Crippen LogP contribution in [0.2, 0.25) is 0 Å². The predicted molar refractivity (Wildman–Crippen MR) is 47.9 cm³/mol. The van der Waals surface area contributed by atoms with Crippen molar-refractivity contribution >= 4 is 11.8 Å². The van der Waals surface area contributed by atoms with Gasteiger partial charge in [-0.15, -0.1) is 0 Å². The van der Waals surface area contributed by atoms with Crippen molar-refractivity contribution in [3.63, 3.8) is 0 Å². The van der Waals surface area contributed by atoms with E-state index in [9.17, 15) is 9.59 Å². The summed E-state index contributed by atoms with van der Waals surface area (Å²) in [5.74, 6) is -1.70. The van der Waals surface area contributed by atoms with Crippen LogP contribution in [0.3, 0.4) is 0 Å². The normalized spacial score (nSPS) is 10.1. The summed E-state index contributed by atoms with van der Waals surface area (Å²) in [6.45, 7) is 4.84. The van der Waals surface area contributed by atoms with Crippen LogP contribution in [-0.2, 0) is 14.3 Å². The number of rotatable bonds is 5. The average molecular weight is 188 g/mol. The van der Waals surface area contributed by atoms with Crippen molar-refractivity contribution in [2.24, 2.45) is 5.73 Å². The van der Waals surface area contributed by atoms with Crippen molar-refractivity contribution in [3.8, 4) is 0 Å². The minimum atomic E-state index is -0.954. The van der Waals surface area contributed by atoms with E-state index in [0.29, 0.717) is 19.6 Å². The molecule has 0 saturated heterocycles. The molecule has 2 amide bonds. The van der Waals surface area contributed by atoms with Crippen LogP contribution in [0.1, 0.15) is 20.3 Å². The molecular weight excluding hydrogens is 172 g/mol. The summed E-state index contributed by atoms with van der Waals surface area (Å²) < 4.78 is 5.22. The number of carbonyl (C=O) groups excluding carboxylic acids is 2. The van der Waals surface area contributed by atoms with Crippen molar-refractivity contribution in [3.05, 3.63) is 0 Å². The van der Waals surface area contributed by atoms with Gasteiger partial charge >= 0.3 is 11.8 Å². The van der Waals surface area contributed by atoms with Gasteiger partial charge in [0, 0.05) is 13.2 Å². The van der Waals surface area contributed by atoms with Crippen LogP contribution < -0.4 is 11.1 Å². The van der Waals surface area contributed by atoms with Crippen LogP contribution in [0.5, 0.6) is 0 Å². The average Bonchev–Trinajstić information content (AvgIpc) is 2.02. The number of hydrogen-bond donors (Lipinski definition) is 2. The molecule has 13 heavy (non-hydrogen) atoms. The fourth-order valence-electron chi connectivity index (χ4n) is 0.680. The maximum absolute atomic E-state index is 10.6. The molecule has 0 aromatic carbocycles. The molecular formula is C8H16N2O3. The zero-order valence-corrected chi connectivity index (χ0v) is 8.00. The fourth-order valence-corrected chi connectivity index (χ4v) is 0.680. The van der Waals surface area contributed by atoms with Crippen LogP contribution >= 0.6 is 0 Å². The third-order valence-corrected chi connectivity index (χ3v) is 1.28. The molecule has 5 heteroatoms. The Balaban J connectivity index is 3.26. The Morgan fingerprint density at radius 1 is 1.46 bits per heavy atom. The molecule has 0 radical (unpaired) electrons. The van der Waals surface area contributed by atoms with E-state index < -0.39 is 11.8 Å². The standard InChI is InChI=1S/C8H16N2O3/c1-6(2)13-5-3-4-10-8(12)7(9)11/h6H,3-5H2,1-2H3,(H2,9,11)(H,10,12). The largest absolute Gasteiger partial charge is 0.379 e. The van der Waals surface area contributed by atoms with Crippen molar-refractivity contribution in [2.45, 2.75) is 26.4 Å². The second kappa shape index (κ2) is 6.42. The first-order chi connectivity index (χ1) is 6.04.